The number of anilines is 2. The monoisotopic (exact) mass is 417 g/mol. The maximum absolute atomic E-state index is 12.7. The van der Waals surface area contributed by atoms with Crippen molar-refractivity contribution in [3.63, 3.8) is 0 Å². The molecule has 29 heavy (non-hydrogen) atoms. The zero-order valence-corrected chi connectivity index (χ0v) is 16.8. The van der Waals surface area contributed by atoms with Gasteiger partial charge in [-0.15, -0.1) is 0 Å². The van der Waals surface area contributed by atoms with Crippen molar-refractivity contribution < 1.29 is 8.83 Å². The molecule has 0 amide bonds. The summed E-state index contributed by atoms with van der Waals surface area (Å²) in [5.41, 5.74) is 5.18. The van der Waals surface area contributed by atoms with Crippen molar-refractivity contribution in [2.75, 3.05) is 10.6 Å². The molecule has 0 bridgehead atoms. The van der Waals surface area contributed by atoms with Crippen LogP contribution in [-0.4, -0.2) is 14.7 Å². The summed E-state index contributed by atoms with van der Waals surface area (Å²) in [6.45, 7) is 2.89. The summed E-state index contributed by atoms with van der Waals surface area (Å²) in [6.07, 6.45) is 4.71. The van der Waals surface area contributed by atoms with Gasteiger partial charge in [0.25, 0.3) is 5.56 Å². The Morgan fingerprint density at radius 3 is 2.55 bits per heavy atom. The summed E-state index contributed by atoms with van der Waals surface area (Å²) in [6, 6.07) is 7.08. The number of aromatic amines is 1. The number of thiocarbonyl (C=S) groups is 1. The SMILES string of the molecule is CCCCn1c(N)c(N(Cc2ccco2)C(=S)NCc2ccco2)c(=O)[nH]c1=O. The summed E-state index contributed by atoms with van der Waals surface area (Å²) in [5, 5.41) is 3.30. The molecule has 3 aromatic heterocycles. The van der Waals surface area contributed by atoms with E-state index >= 15 is 0 Å². The second-order valence-electron chi connectivity index (χ2n) is 6.40. The second kappa shape index (κ2) is 9.28. The van der Waals surface area contributed by atoms with E-state index in [0.29, 0.717) is 24.6 Å². The van der Waals surface area contributed by atoms with E-state index in [2.05, 4.69) is 10.3 Å². The molecular weight excluding hydrogens is 394 g/mol. The summed E-state index contributed by atoms with van der Waals surface area (Å²) in [4.78, 5) is 28.8. The van der Waals surface area contributed by atoms with Gasteiger partial charge in [0.05, 0.1) is 25.6 Å². The molecule has 9 nitrogen and oxygen atoms in total. The largest absolute Gasteiger partial charge is 0.467 e. The number of furan rings is 2. The van der Waals surface area contributed by atoms with Crippen LogP contribution in [0.2, 0.25) is 0 Å². The van der Waals surface area contributed by atoms with E-state index in [1.165, 1.54) is 15.7 Å². The molecule has 0 aliphatic carbocycles. The number of nitrogen functional groups attached to an aromatic ring is 1. The Balaban J connectivity index is 1.97. The lowest BCUT2D eigenvalue weighted by Gasteiger charge is -2.26. The molecule has 3 aromatic rings. The molecule has 0 aromatic carbocycles. The number of hydrogen-bond donors (Lipinski definition) is 3. The van der Waals surface area contributed by atoms with Crippen molar-refractivity contribution in [2.24, 2.45) is 0 Å². The van der Waals surface area contributed by atoms with Gasteiger partial charge in [-0.05, 0) is 42.9 Å². The number of unbranched alkanes of at least 4 members (excludes halogenated alkanes) is 1. The van der Waals surface area contributed by atoms with Crippen LogP contribution in [0.25, 0.3) is 0 Å². The summed E-state index contributed by atoms with van der Waals surface area (Å²) in [7, 11) is 0. The molecule has 0 saturated carbocycles. The summed E-state index contributed by atoms with van der Waals surface area (Å²) in [5.74, 6) is 1.32. The van der Waals surface area contributed by atoms with Gasteiger partial charge in [0.15, 0.2) is 10.8 Å². The highest BCUT2D eigenvalue weighted by Crippen LogP contribution is 2.20. The van der Waals surface area contributed by atoms with E-state index in [0.717, 1.165) is 12.8 Å². The lowest BCUT2D eigenvalue weighted by molar-refractivity contribution is 0.500. The minimum Gasteiger partial charge on any atom is -0.467 e. The number of aromatic nitrogens is 2. The number of hydrogen-bond acceptors (Lipinski definition) is 6. The molecule has 0 aliphatic heterocycles. The Morgan fingerprint density at radius 1 is 1.24 bits per heavy atom. The van der Waals surface area contributed by atoms with Crippen LogP contribution < -0.4 is 27.2 Å². The standard InChI is InChI=1S/C19H23N5O4S/c1-2-3-8-23-16(20)15(17(25)22-18(23)26)24(12-14-7-5-10-28-14)19(29)21-11-13-6-4-9-27-13/h4-7,9-10H,2-3,8,11-12,20H2,1H3,(H,21,29)(H,22,25,26). The van der Waals surface area contributed by atoms with Crippen molar-refractivity contribution in [3.05, 3.63) is 69.2 Å². The van der Waals surface area contributed by atoms with E-state index in [1.807, 2.05) is 6.92 Å². The van der Waals surface area contributed by atoms with Gasteiger partial charge in [-0.25, -0.2) is 4.79 Å². The third-order valence-electron chi connectivity index (χ3n) is 4.35. The predicted molar refractivity (Wildman–Crippen MR) is 114 cm³/mol. The maximum atomic E-state index is 12.7. The van der Waals surface area contributed by atoms with Crippen molar-refractivity contribution in [1.29, 1.82) is 0 Å². The average Bonchev–Trinajstić information content (AvgIpc) is 3.39. The highest BCUT2D eigenvalue weighted by molar-refractivity contribution is 7.80. The van der Waals surface area contributed by atoms with Crippen LogP contribution in [0, 0.1) is 0 Å². The van der Waals surface area contributed by atoms with Gasteiger partial charge < -0.3 is 24.8 Å². The second-order valence-corrected chi connectivity index (χ2v) is 6.79. The molecule has 3 heterocycles. The number of nitrogens with zero attached hydrogens (tertiary/aromatic N) is 2. The van der Waals surface area contributed by atoms with Crippen LogP contribution in [0.3, 0.4) is 0 Å². The normalized spacial score (nSPS) is 10.8. The van der Waals surface area contributed by atoms with Crippen molar-refractivity contribution in [2.45, 2.75) is 39.4 Å². The van der Waals surface area contributed by atoms with Gasteiger partial charge in [-0.3, -0.25) is 14.3 Å². The van der Waals surface area contributed by atoms with E-state index in [4.69, 9.17) is 26.8 Å². The highest BCUT2D eigenvalue weighted by atomic mass is 32.1. The molecule has 154 valence electrons. The lowest BCUT2D eigenvalue weighted by atomic mass is 10.3. The van der Waals surface area contributed by atoms with Gasteiger partial charge in [0.2, 0.25) is 0 Å². The van der Waals surface area contributed by atoms with Crippen molar-refractivity contribution in [3.8, 4) is 0 Å². The number of nitrogens with one attached hydrogen (secondary N) is 2. The Morgan fingerprint density at radius 2 is 1.93 bits per heavy atom. The quantitative estimate of drug-likeness (QED) is 0.477. The first-order valence-electron chi connectivity index (χ1n) is 9.24. The maximum Gasteiger partial charge on any atom is 0.330 e. The minimum absolute atomic E-state index is 0.0564. The first kappa shape index (κ1) is 20.5. The molecule has 3 rings (SSSR count). The first-order chi connectivity index (χ1) is 14.0. The molecule has 0 fully saturated rings. The van der Waals surface area contributed by atoms with Crippen LogP contribution in [0.4, 0.5) is 11.5 Å². The first-order valence-corrected chi connectivity index (χ1v) is 9.64. The minimum atomic E-state index is -0.617. The highest BCUT2D eigenvalue weighted by Gasteiger charge is 2.23. The number of nitrogens with two attached hydrogens (primary N) is 1. The van der Waals surface area contributed by atoms with Gasteiger partial charge in [-0.2, -0.15) is 0 Å². The Labute approximate surface area is 172 Å². The Kier molecular flexibility index (Phi) is 6.55. The Hall–Kier alpha value is -3.27. The molecule has 0 spiro atoms. The van der Waals surface area contributed by atoms with Crippen LogP contribution in [0.15, 0.2) is 55.2 Å². The van der Waals surface area contributed by atoms with Crippen LogP contribution >= 0.6 is 12.2 Å². The lowest BCUT2D eigenvalue weighted by Crippen LogP contribution is -2.44. The molecule has 0 atom stereocenters. The third kappa shape index (κ3) is 4.77. The third-order valence-corrected chi connectivity index (χ3v) is 4.72. The predicted octanol–water partition coefficient (Wildman–Crippen LogP) is 2.19. The topological polar surface area (TPSA) is 122 Å². The van der Waals surface area contributed by atoms with Crippen molar-refractivity contribution in [1.82, 2.24) is 14.9 Å². The molecule has 10 heteroatoms. The molecular formula is C19H23N5O4S. The van der Waals surface area contributed by atoms with Crippen LogP contribution in [0.5, 0.6) is 0 Å². The molecule has 0 saturated heterocycles. The van der Waals surface area contributed by atoms with Gasteiger partial charge >= 0.3 is 5.69 Å². The fourth-order valence-corrected chi connectivity index (χ4v) is 3.09. The van der Waals surface area contributed by atoms with Crippen LogP contribution in [-0.2, 0) is 19.6 Å². The summed E-state index contributed by atoms with van der Waals surface area (Å²) < 4.78 is 12.1. The fourth-order valence-electron chi connectivity index (χ4n) is 2.86. The van der Waals surface area contributed by atoms with Crippen LogP contribution in [0.1, 0.15) is 31.3 Å². The molecule has 4 N–H and O–H groups in total. The van der Waals surface area contributed by atoms with Gasteiger partial charge in [0, 0.05) is 6.54 Å². The van der Waals surface area contributed by atoms with Crippen molar-refractivity contribution >= 4 is 28.8 Å². The van der Waals surface area contributed by atoms with E-state index in [9.17, 15) is 9.59 Å². The smallest absolute Gasteiger partial charge is 0.330 e. The Bertz CT molecular complexity index is 1050. The zero-order chi connectivity index (χ0) is 20.8. The fraction of sp³-hybridized carbons (Fsp3) is 0.316. The van der Waals surface area contributed by atoms with Gasteiger partial charge in [0.1, 0.15) is 17.3 Å². The number of rotatable bonds is 8. The molecule has 0 radical (unpaired) electrons. The molecule has 0 aliphatic rings. The number of H-pyrrole nitrogens is 1. The summed E-state index contributed by atoms with van der Waals surface area (Å²) >= 11 is 5.52. The van der Waals surface area contributed by atoms with E-state index < -0.39 is 11.2 Å². The molecule has 0 unspecified atom stereocenters. The van der Waals surface area contributed by atoms with E-state index in [-0.39, 0.29) is 23.2 Å². The van der Waals surface area contributed by atoms with E-state index in [1.54, 1.807) is 30.5 Å². The van der Waals surface area contributed by atoms with Gasteiger partial charge in [-0.1, -0.05) is 13.3 Å². The zero-order valence-electron chi connectivity index (χ0n) is 16.0. The average molecular weight is 417 g/mol.